The largest absolute Gasteiger partial charge is 0.365 e. The smallest absolute Gasteiger partial charge is 0.292 e. The van der Waals surface area contributed by atoms with E-state index in [9.17, 15) is 9.59 Å². The SMILES string of the molecule is O=C(Cc1c[nH]c2ccccc12)N1CCN(c2cnn(-c3ccccc3)c(=O)c2Cl)CC1. The van der Waals surface area contributed by atoms with Gasteiger partial charge in [0.05, 0.1) is 24.0 Å². The summed E-state index contributed by atoms with van der Waals surface area (Å²) in [5.41, 5.74) is 2.96. The molecular weight excluding hydrogens is 426 g/mol. The highest BCUT2D eigenvalue weighted by atomic mass is 35.5. The molecule has 1 aliphatic heterocycles. The highest BCUT2D eigenvalue weighted by molar-refractivity contribution is 6.33. The fraction of sp³-hybridized carbons (Fsp3) is 0.208. The monoisotopic (exact) mass is 447 g/mol. The lowest BCUT2D eigenvalue weighted by Crippen LogP contribution is -2.49. The Morgan fingerprint density at radius 3 is 2.50 bits per heavy atom. The molecule has 2 aromatic heterocycles. The lowest BCUT2D eigenvalue weighted by Gasteiger charge is -2.36. The third-order valence-corrected chi connectivity index (χ3v) is 6.25. The van der Waals surface area contributed by atoms with Crippen LogP contribution in [0.3, 0.4) is 0 Å². The number of carbonyl (C=O) groups excluding carboxylic acids is 1. The Hall–Kier alpha value is -3.58. The fourth-order valence-corrected chi connectivity index (χ4v) is 4.40. The van der Waals surface area contributed by atoms with Crippen molar-refractivity contribution in [2.45, 2.75) is 6.42 Å². The molecule has 0 unspecified atom stereocenters. The summed E-state index contributed by atoms with van der Waals surface area (Å²) in [6.07, 6.45) is 3.89. The van der Waals surface area contributed by atoms with Crippen LogP contribution in [0.25, 0.3) is 16.6 Å². The van der Waals surface area contributed by atoms with Gasteiger partial charge in [-0.1, -0.05) is 48.0 Å². The summed E-state index contributed by atoms with van der Waals surface area (Å²) < 4.78 is 1.30. The van der Waals surface area contributed by atoms with E-state index in [2.05, 4.69) is 10.1 Å². The molecule has 0 atom stereocenters. The Kier molecular flexibility index (Phi) is 5.41. The van der Waals surface area contributed by atoms with Crippen LogP contribution in [0.1, 0.15) is 5.56 Å². The number of halogens is 1. The van der Waals surface area contributed by atoms with Crippen molar-refractivity contribution in [1.82, 2.24) is 19.7 Å². The number of hydrogen-bond donors (Lipinski definition) is 1. The highest BCUT2D eigenvalue weighted by Crippen LogP contribution is 2.24. The van der Waals surface area contributed by atoms with Gasteiger partial charge in [-0.2, -0.15) is 9.78 Å². The predicted molar refractivity (Wildman–Crippen MR) is 126 cm³/mol. The Morgan fingerprint density at radius 2 is 1.72 bits per heavy atom. The van der Waals surface area contributed by atoms with Gasteiger partial charge < -0.3 is 14.8 Å². The fourth-order valence-electron chi connectivity index (χ4n) is 4.15. The van der Waals surface area contributed by atoms with Crippen LogP contribution in [0.5, 0.6) is 0 Å². The topological polar surface area (TPSA) is 74.2 Å². The van der Waals surface area contributed by atoms with E-state index in [0.717, 1.165) is 16.5 Å². The van der Waals surface area contributed by atoms with Crippen LogP contribution >= 0.6 is 11.6 Å². The number of anilines is 1. The first-order valence-electron chi connectivity index (χ1n) is 10.5. The van der Waals surface area contributed by atoms with Crippen LogP contribution in [0.4, 0.5) is 5.69 Å². The van der Waals surface area contributed by atoms with E-state index in [1.165, 1.54) is 4.68 Å². The molecule has 0 saturated carbocycles. The van der Waals surface area contributed by atoms with Crippen LogP contribution in [-0.2, 0) is 11.2 Å². The molecule has 1 aliphatic rings. The molecule has 7 nitrogen and oxygen atoms in total. The predicted octanol–water partition coefficient (Wildman–Crippen LogP) is 3.26. The van der Waals surface area contributed by atoms with E-state index in [0.29, 0.717) is 44.0 Å². The van der Waals surface area contributed by atoms with E-state index in [1.54, 1.807) is 6.20 Å². The van der Waals surface area contributed by atoms with Gasteiger partial charge in [0.1, 0.15) is 5.02 Å². The summed E-state index contributed by atoms with van der Waals surface area (Å²) in [7, 11) is 0. The molecule has 0 aliphatic carbocycles. The highest BCUT2D eigenvalue weighted by Gasteiger charge is 2.24. The van der Waals surface area contributed by atoms with Crippen LogP contribution in [-0.4, -0.2) is 51.8 Å². The Morgan fingerprint density at radius 1 is 1.00 bits per heavy atom. The van der Waals surface area contributed by atoms with Crippen molar-refractivity contribution in [1.29, 1.82) is 0 Å². The van der Waals surface area contributed by atoms with Crippen molar-refractivity contribution in [3.05, 3.63) is 87.9 Å². The molecule has 0 spiro atoms. The average molecular weight is 448 g/mol. The van der Waals surface area contributed by atoms with Crippen molar-refractivity contribution >= 4 is 34.1 Å². The molecule has 1 saturated heterocycles. The maximum absolute atomic E-state index is 12.9. The zero-order valence-corrected chi connectivity index (χ0v) is 18.1. The van der Waals surface area contributed by atoms with Crippen LogP contribution in [0.2, 0.25) is 5.02 Å². The molecule has 162 valence electrons. The van der Waals surface area contributed by atoms with Crippen molar-refractivity contribution in [2.75, 3.05) is 31.1 Å². The number of fused-ring (bicyclic) bond motifs is 1. The number of rotatable bonds is 4. The first kappa shape index (κ1) is 20.3. The quantitative estimate of drug-likeness (QED) is 0.521. The van der Waals surface area contributed by atoms with Gasteiger partial charge in [-0.3, -0.25) is 9.59 Å². The summed E-state index contributed by atoms with van der Waals surface area (Å²) in [6.45, 7) is 2.32. The zero-order chi connectivity index (χ0) is 22.1. The molecule has 1 N–H and O–H groups in total. The molecule has 0 radical (unpaired) electrons. The molecule has 1 fully saturated rings. The normalized spacial score (nSPS) is 14.2. The Bertz CT molecular complexity index is 1320. The second-order valence-electron chi connectivity index (χ2n) is 7.80. The number of benzene rings is 2. The minimum absolute atomic E-state index is 0.0955. The zero-order valence-electron chi connectivity index (χ0n) is 17.4. The van der Waals surface area contributed by atoms with Gasteiger partial charge in [0.15, 0.2) is 0 Å². The van der Waals surface area contributed by atoms with Gasteiger partial charge in [-0.05, 0) is 23.8 Å². The summed E-state index contributed by atoms with van der Waals surface area (Å²) >= 11 is 6.43. The molecule has 5 rings (SSSR count). The van der Waals surface area contributed by atoms with Crippen molar-refractivity contribution in [3.8, 4) is 5.69 Å². The lowest BCUT2D eigenvalue weighted by atomic mass is 10.1. The molecule has 0 bridgehead atoms. The molecule has 1 amide bonds. The number of para-hydroxylation sites is 2. The van der Waals surface area contributed by atoms with Gasteiger partial charge >= 0.3 is 0 Å². The van der Waals surface area contributed by atoms with E-state index < -0.39 is 0 Å². The van der Waals surface area contributed by atoms with E-state index >= 15 is 0 Å². The van der Waals surface area contributed by atoms with Gasteiger partial charge in [0.2, 0.25) is 5.91 Å². The van der Waals surface area contributed by atoms with Gasteiger partial charge in [-0.15, -0.1) is 0 Å². The van der Waals surface area contributed by atoms with Crippen molar-refractivity contribution < 1.29 is 4.79 Å². The molecule has 3 heterocycles. The first-order valence-corrected chi connectivity index (χ1v) is 10.9. The summed E-state index contributed by atoms with van der Waals surface area (Å²) in [5.74, 6) is 0.0955. The summed E-state index contributed by atoms with van der Waals surface area (Å²) in [4.78, 5) is 32.7. The minimum Gasteiger partial charge on any atom is -0.365 e. The van der Waals surface area contributed by atoms with E-state index in [1.807, 2.05) is 70.6 Å². The maximum Gasteiger partial charge on any atom is 0.292 e. The van der Waals surface area contributed by atoms with Crippen molar-refractivity contribution in [3.63, 3.8) is 0 Å². The molecule has 8 heteroatoms. The number of carbonyl (C=O) groups is 1. The maximum atomic E-state index is 12.9. The second-order valence-corrected chi connectivity index (χ2v) is 8.18. The number of H-pyrrole nitrogens is 1. The standard InChI is InChI=1S/C24H22ClN5O2/c25-23-21(16-27-30(24(23)32)18-6-2-1-3-7-18)28-10-12-29(13-11-28)22(31)14-17-15-26-20-9-5-4-8-19(17)20/h1-9,15-16,26H,10-14H2. The lowest BCUT2D eigenvalue weighted by molar-refractivity contribution is -0.130. The number of hydrogen-bond acceptors (Lipinski definition) is 4. The number of amides is 1. The number of piperazine rings is 1. The van der Waals surface area contributed by atoms with Crippen molar-refractivity contribution in [2.24, 2.45) is 0 Å². The number of aromatic amines is 1. The average Bonchev–Trinajstić information content (AvgIpc) is 3.24. The summed E-state index contributed by atoms with van der Waals surface area (Å²) in [5, 5.41) is 5.53. The van der Waals surface area contributed by atoms with E-state index in [-0.39, 0.29) is 16.5 Å². The third-order valence-electron chi connectivity index (χ3n) is 5.89. The van der Waals surface area contributed by atoms with Crippen LogP contribution < -0.4 is 10.5 Å². The molecule has 2 aromatic carbocycles. The number of aromatic nitrogens is 3. The first-order chi connectivity index (χ1) is 15.6. The molecule has 32 heavy (non-hydrogen) atoms. The minimum atomic E-state index is -0.354. The Labute approximate surface area is 189 Å². The molecular formula is C24H22ClN5O2. The van der Waals surface area contributed by atoms with Crippen LogP contribution in [0.15, 0.2) is 71.8 Å². The van der Waals surface area contributed by atoms with Gasteiger partial charge in [0.25, 0.3) is 5.56 Å². The van der Waals surface area contributed by atoms with Gasteiger partial charge in [-0.25, -0.2) is 0 Å². The number of nitrogens with zero attached hydrogens (tertiary/aromatic N) is 4. The third kappa shape index (κ3) is 3.76. The second kappa shape index (κ2) is 8.51. The van der Waals surface area contributed by atoms with Crippen LogP contribution in [0, 0.1) is 0 Å². The van der Waals surface area contributed by atoms with E-state index in [4.69, 9.17) is 11.6 Å². The Balaban J connectivity index is 1.27. The number of nitrogens with one attached hydrogen (secondary N) is 1. The summed E-state index contributed by atoms with van der Waals surface area (Å²) in [6, 6.07) is 17.2. The van der Waals surface area contributed by atoms with Gasteiger partial charge in [0, 0.05) is 43.3 Å². The molecule has 4 aromatic rings.